The SMILES string of the molecule is COc1cccc(-c2cc(CNC(=O)C3(C)CC(C)=NO3)on2)c1. The smallest absolute Gasteiger partial charge is 0.267 e. The van der Waals surface area contributed by atoms with E-state index in [0.717, 1.165) is 17.0 Å². The number of hydrogen-bond donors (Lipinski definition) is 1. The number of nitrogens with one attached hydrogen (secondary N) is 1. The Bertz CT molecular complexity index is 784. The predicted molar refractivity (Wildman–Crippen MR) is 87.6 cm³/mol. The van der Waals surface area contributed by atoms with Crippen molar-refractivity contribution in [3.8, 4) is 17.0 Å². The van der Waals surface area contributed by atoms with E-state index < -0.39 is 5.60 Å². The number of rotatable bonds is 5. The van der Waals surface area contributed by atoms with Crippen LogP contribution >= 0.6 is 0 Å². The summed E-state index contributed by atoms with van der Waals surface area (Å²) in [4.78, 5) is 17.5. The van der Waals surface area contributed by atoms with E-state index in [0.29, 0.717) is 17.9 Å². The summed E-state index contributed by atoms with van der Waals surface area (Å²) in [5.74, 6) is 1.06. The first-order valence-electron chi connectivity index (χ1n) is 7.60. The number of hydrogen-bond acceptors (Lipinski definition) is 6. The minimum absolute atomic E-state index is 0.230. The van der Waals surface area contributed by atoms with Gasteiger partial charge in [-0.25, -0.2) is 0 Å². The molecular formula is C17H19N3O4. The Hall–Kier alpha value is -2.83. The van der Waals surface area contributed by atoms with Gasteiger partial charge < -0.3 is 19.4 Å². The first kappa shape index (κ1) is 16.0. The quantitative estimate of drug-likeness (QED) is 0.911. The van der Waals surface area contributed by atoms with Crippen molar-refractivity contribution < 1.29 is 18.9 Å². The van der Waals surface area contributed by atoms with Gasteiger partial charge in [0.2, 0.25) is 5.60 Å². The highest BCUT2D eigenvalue weighted by Crippen LogP contribution is 2.25. The van der Waals surface area contributed by atoms with Crippen LogP contribution in [0.5, 0.6) is 5.75 Å². The van der Waals surface area contributed by atoms with Gasteiger partial charge in [0.25, 0.3) is 5.91 Å². The molecule has 24 heavy (non-hydrogen) atoms. The highest BCUT2D eigenvalue weighted by molar-refractivity contribution is 5.94. The second kappa shape index (κ2) is 6.35. The highest BCUT2D eigenvalue weighted by Gasteiger charge is 2.40. The number of ether oxygens (including phenoxy) is 1. The van der Waals surface area contributed by atoms with Gasteiger partial charge in [-0.05, 0) is 26.0 Å². The summed E-state index contributed by atoms with van der Waals surface area (Å²) >= 11 is 0. The van der Waals surface area contributed by atoms with Crippen LogP contribution in [-0.4, -0.2) is 29.5 Å². The number of nitrogens with zero attached hydrogens (tertiary/aromatic N) is 2. The van der Waals surface area contributed by atoms with Crippen LogP contribution in [0.1, 0.15) is 26.0 Å². The molecule has 1 aliphatic rings. The van der Waals surface area contributed by atoms with Crippen molar-refractivity contribution in [2.75, 3.05) is 7.11 Å². The molecule has 7 heteroatoms. The monoisotopic (exact) mass is 329 g/mol. The minimum atomic E-state index is -0.959. The van der Waals surface area contributed by atoms with Crippen LogP contribution < -0.4 is 10.1 Å². The second-order valence-electron chi connectivity index (χ2n) is 5.92. The molecule has 1 unspecified atom stereocenters. The van der Waals surface area contributed by atoms with E-state index in [1.165, 1.54) is 0 Å². The molecule has 1 amide bonds. The maximum absolute atomic E-state index is 12.3. The lowest BCUT2D eigenvalue weighted by Gasteiger charge is -2.19. The lowest BCUT2D eigenvalue weighted by Crippen LogP contribution is -2.44. The lowest BCUT2D eigenvalue weighted by atomic mass is 9.99. The van der Waals surface area contributed by atoms with Crippen molar-refractivity contribution in [1.29, 1.82) is 0 Å². The Morgan fingerprint density at radius 3 is 2.96 bits per heavy atom. The Labute approximate surface area is 139 Å². The third-order valence-corrected chi connectivity index (χ3v) is 3.82. The number of benzene rings is 1. The van der Waals surface area contributed by atoms with Gasteiger partial charge in [0, 0.05) is 18.1 Å². The van der Waals surface area contributed by atoms with E-state index in [9.17, 15) is 4.79 Å². The Kier molecular flexibility index (Phi) is 4.24. The standard InChI is InChI=1S/C17H19N3O4/c1-11-9-17(2,24-19-11)16(21)18-10-14-8-15(20-23-14)12-5-4-6-13(7-12)22-3/h4-8H,9-10H2,1-3H3,(H,18,21). The molecule has 126 valence electrons. The number of methoxy groups -OCH3 is 1. The zero-order valence-corrected chi connectivity index (χ0v) is 13.8. The Morgan fingerprint density at radius 1 is 1.42 bits per heavy atom. The van der Waals surface area contributed by atoms with Crippen molar-refractivity contribution in [3.05, 3.63) is 36.1 Å². The summed E-state index contributed by atoms with van der Waals surface area (Å²) in [6.07, 6.45) is 0.476. The molecule has 0 fully saturated rings. The van der Waals surface area contributed by atoms with Crippen LogP contribution in [0.4, 0.5) is 0 Å². The number of carbonyl (C=O) groups excluding carboxylic acids is 1. The van der Waals surface area contributed by atoms with E-state index >= 15 is 0 Å². The molecule has 0 bridgehead atoms. The van der Waals surface area contributed by atoms with E-state index in [1.54, 1.807) is 20.1 Å². The fourth-order valence-electron chi connectivity index (χ4n) is 2.52. The van der Waals surface area contributed by atoms with Gasteiger partial charge in [0.1, 0.15) is 11.4 Å². The van der Waals surface area contributed by atoms with Gasteiger partial charge in [-0.3, -0.25) is 4.79 Å². The average molecular weight is 329 g/mol. The molecule has 2 aromatic rings. The minimum Gasteiger partial charge on any atom is -0.497 e. The molecule has 1 aromatic carbocycles. The fraction of sp³-hybridized carbons (Fsp3) is 0.353. The number of aromatic nitrogens is 1. The van der Waals surface area contributed by atoms with Crippen LogP contribution in [0.3, 0.4) is 0 Å². The molecule has 2 heterocycles. The molecule has 0 radical (unpaired) electrons. The van der Waals surface area contributed by atoms with Gasteiger partial charge in [-0.1, -0.05) is 22.4 Å². The van der Waals surface area contributed by atoms with Crippen LogP contribution in [0.25, 0.3) is 11.3 Å². The second-order valence-corrected chi connectivity index (χ2v) is 5.92. The molecule has 0 aliphatic carbocycles. The molecule has 1 N–H and O–H groups in total. The number of amides is 1. The van der Waals surface area contributed by atoms with E-state index in [2.05, 4.69) is 15.6 Å². The van der Waals surface area contributed by atoms with Gasteiger partial charge in [-0.2, -0.15) is 0 Å². The van der Waals surface area contributed by atoms with Crippen molar-refractivity contribution in [1.82, 2.24) is 10.5 Å². The summed E-state index contributed by atoms with van der Waals surface area (Å²) in [7, 11) is 1.61. The van der Waals surface area contributed by atoms with Gasteiger partial charge >= 0.3 is 0 Å². The zero-order chi connectivity index (χ0) is 17.2. The summed E-state index contributed by atoms with van der Waals surface area (Å²) in [5, 5.41) is 10.7. The number of carbonyl (C=O) groups is 1. The Balaban J connectivity index is 1.63. The molecule has 0 saturated carbocycles. The molecule has 1 aromatic heterocycles. The average Bonchev–Trinajstić information content (AvgIpc) is 3.20. The molecule has 1 atom stereocenters. The predicted octanol–water partition coefficient (Wildman–Crippen LogP) is 2.52. The Morgan fingerprint density at radius 2 is 2.25 bits per heavy atom. The first-order valence-corrected chi connectivity index (χ1v) is 7.60. The third kappa shape index (κ3) is 3.24. The van der Waals surface area contributed by atoms with Gasteiger partial charge in [0.15, 0.2) is 5.76 Å². The van der Waals surface area contributed by atoms with Gasteiger partial charge in [-0.15, -0.1) is 0 Å². The molecule has 1 aliphatic heterocycles. The summed E-state index contributed by atoms with van der Waals surface area (Å²) < 4.78 is 10.5. The van der Waals surface area contributed by atoms with Crippen molar-refractivity contribution in [2.45, 2.75) is 32.4 Å². The molecule has 3 rings (SSSR count). The van der Waals surface area contributed by atoms with Crippen LogP contribution in [0.2, 0.25) is 0 Å². The highest BCUT2D eigenvalue weighted by atomic mass is 16.7. The summed E-state index contributed by atoms with van der Waals surface area (Å²) in [6.45, 7) is 3.77. The molecule has 7 nitrogen and oxygen atoms in total. The van der Waals surface area contributed by atoms with Crippen molar-refractivity contribution in [3.63, 3.8) is 0 Å². The van der Waals surface area contributed by atoms with Crippen molar-refractivity contribution in [2.24, 2.45) is 5.16 Å². The lowest BCUT2D eigenvalue weighted by molar-refractivity contribution is -0.142. The first-order chi connectivity index (χ1) is 11.5. The maximum atomic E-state index is 12.3. The number of oxime groups is 1. The third-order valence-electron chi connectivity index (χ3n) is 3.82. The normalized spacial score (nSPS) is 19.5. The molecular weight excluding hydrogens is 310 g/mol. The van der Waals surface area contributed by atoms with Gasteiger partial charge in [0.05, 0.1) is 19.4 Å². The van der Waals surface area contributed by atoms with E-state index in [1.807, 2.05) is 31.2 Å². The largest absolute Gasteiger partial charge is 0.497 e. The summed E-state index contributed by atoms with van der Waals surface area (Å²) in [5.41, 5.74) is 1.40. The molecule has 0 spiro atoms. The van der Waals surface area contributed by atoms with E-state index in [-0.39, 0.29) is 12.5 Å². The van der Waals surface area contributed by atoms with Crippen LogP contribution in [0.15, 0.2) is 40.0 Å². The fourth-order valence-corrected chi connectivity index (χ4v) is 2.52. The maximum Gasteiger partial charge on any atom is 0.267 e. The van der Waals surface area contributed by atoms with Crippen molar-refractivity contribution >= 4 is 11.6 Å². The van der Waals surface area contributed by atoms with Crippen LogP contribution in [0, 0.1) is 0 Å². The van der Waals surface area contributed by atoms with Crippen LogP contribution in [-0.2, 0) is 16.2 Å². The van der Waals surface area contributed by atoms with E-state index in [4.69, 9.17) is 14.1 Å². The zero-order valence-electron chi connectivity index (χ0n) is 13.8. The summed E-state index contributed by atoms with van der Waals surface area (Å²) in [6, 6.07) is 9.31. The topological polar surface area (TPSA) is 86.0 Å². The molecule has 0 saturated heterocycles.